The van der Waals surface area contributed by atoms with Gasteiger partial charge in [0.05, 0.1) is 30.3 Å². The summed E-state index contributed by atoms with van der Waals surface area (Å²) in [7, 11) is 0. The predicted molar refractivity (Wildman–Crippen MR) is 132 cm³/mol. The Bertz CT molecular complexity index is 1100. The van der Waals surface area contributed by atoms with Crippen LogP contribution >= 0.6 is 0 Å². The second-order valence-electron chi connectivity index (χ2n) is 11.7. The van der Waals surface area contributed by atoms with Crippen LogP contribution in [0.1, 0.15) is 53.4 Å². The molecule has 4 bridgehead atoms. The van der Waals surface area contributed by atoms with Crippen molar-refractivity contribution >= 4 is 11.9 Å². The number of hydrogen-bond acceptors (Lipinski definition) is 8. The van der Waals surface area contributed by atoms with Gasteiger partial charge in [-0.1, -0.05) is 42.4 Å². The van der Waals surface area contributed by atoms with Gasteiger partial charge in [-0.3, -0.25) is 0 Å². The number of ether oxygens (including phenoxy) is 6. The third-order valence-electron chi connectivity index (χ3n) is 9.58. The minimum Gasteiger partial charge on any atom is -0.462 e. The molecular formula is C29H36O8. The smallest absolute Gasteiger partial charge is 0.331 e. The predicted octanol–water partition coefficient (Wildman–Crippen LogP) is 3.71. The van der Waals surface area contributed by atoms with Gasteiger partial charge >= 0.3 is 11.9 Å². The lowest BCUT2D eigenvalue weighted by molar-refractivity contribution is -0.232. The zero-order chi connectivity index (χ0) is 26.0. The number of fused-ring (bicyclic) bond motifs is 2. The van der Waals surface area contributed by atoms with Gasteiger partial charge in [0.25, 0.3) is 0 Å². The monoisotopic (exact) mass is 512 g/mol. The van der Waals surface area contributed by atoms with Gasteiger partial charge in [0.15, 0.2) is 6.29 Å². The van der Waals surface area contributed by atoms with Crippen molar-refractivity contribution < 1.29 is 38.0 Å². The summed E-state index contributed by atoms with van der Waals surface area (Å²) in [6, 6.07) is 0. The molecule has 4 fully saturated rings. The summed E-state index contributed by atoms with van der Waals surface area (Å²) in [6.45, 7) is 8.77. The lowest BCUT2D eigenvalue weighted by Gasteiger charge is -2.58. The molecule has 200 valence electrons. The fourth-order valence-corrected chi connectivity index (χ4v) is 7.32. The minimum atomic E-state index is -0.590. The minimum absolute atomic E-state index is 0.147. The van der Waals surface area contributed by atoms with Crippen molar-refractivity contribution in [3.63, 3.8) is 0 Å². The Labute approximate surface area is 217 Å². The van der Waals surface area contributed by atoms with E-state index in [1.54, 1.807) is 12.2 Å². The molecule has 6 aliphatic rings. The molecule has 8 heteroatoms. The molecule has 9 atom stereocenters. The Balaban J connectivity index is 1.37. The highest BCUT2D eigenvalue weighted by Gasteiger charge is 2.83. The van der Waals surface area contributed by atoms with Crippen LogP contribution in [0.4, 0.5) is 0 Å². The van der Waals surface area contributed by atoms with E-state index >= 15 is 0 Å². The van der Waals surface area contributed by atoms with Gasteiger partial charge in [0, 0.05) is 30.4 Å². The highest BCUT2D eigenvalue weighted by Crippen LogP contribution is 2.72. The SMILES string of the molecule is CC1=C[C@H]2O[C@H]3C[C@@H]4OC(=O)/C=C\C=C/C5OC(C/C(C)=C\C(=O)OC[C@]2(CC1)[C@]4(C)[C@@]31CO1)OC5C. The summed E-state index contributed by atoms with van der Waals surface area (Å²) < 4.78 is 36.8. The Hall–Kier alpha value is -2.26. The van der Waals surface area contributed by atoms with Crippen molar-refractivity contribution in [1.29, 1.82) is 0 Å². The van der Waals surface area contributed by atoms with Crippen LogP contribution in [0.2, 0.25) is 0 Å². The molecule has 0 aromatic heterocycles. The zero-order valence-electron chi connectivity index (χ0n) is 21.9. The van der Waals surface area contributed by atoms with Gasteiger partial charge in [-0.05, 0) is 33.6 Å². The van der Waals surface area contributed by atoms with Gasteiger partial charge in [-0.25, -0.2) is 9.59 Å². The maximum absolute atomic E-state index is 13.0. The van der Waals surface area contributed by atoms with Crippen LogP contribution in [0, 0.1) is 10.8 Å². The van der Waals surface area contributed by atoms with E-state index in [4.69, 9.17) is 28.4 Å². The molecule has 37 heavy (non-hydrogen) atoms. The van der Waals surface area contributed by atoms with E-state index in [-0.39, 0.29) is 31.0 Å². The van der Waals surface area contributed by atoms with E-state index in [0.29, 0.717) is 19.4 Å². The van der Waals surface area contributed by atoms with Gasteiger partial charge in [0.2, 0.25) is 0 Å². The maximum atomic E-state index is 13.0. The largest absolute Gasteiger partial charge is 0.462 e. The fraction of sp³-hybridized carbons (Fsp3) is 0.655. The molecule has 3 saturated heterocycles. The van der Waals surface area contributed by atoms with Crippen LogP contribution in [-0.2, 0) is 38.0 Å². The molecule has 8 nitrogen and oxygen atoms in total. The summed E-state index contributed by atoms with van der Waals surface area (Å²) in [5.41, 5.74) is 0.362. The fourth-order valence-electron chi connectivity index (χ4n) is 7.32. The Morgan fingerprint density at radius 3 is 2.57 bits per heavy atom. The maximum Gasteiger partial charge on any atom is 0.331 e. The van der Waals surface area contributed by atoms with Gasteiger partial charge < -0.3 is 28.4 Å². The van der Waals surface area contributed by atoms with E-state index in [1.165, 1.54) is 17.7 Å². The van der Waals surface area contributed by atoms with Crippen LogP contribution in [0.3, 0.4) is 0 Å². The number of allylic oxidation sites excluding steroid dienone is 3. The third-order valence-corrected chi connectivity index (χ3v) is 9.58. The molecular weight excluding hydrogens is 476 g/mol. The molecule has 0 aromatic carbocycles. The van der Waals surface area contributed by atoms with E-state index < -0.39 is 40.8 Å². The third kappa shape index (κ3) is 3.87. The van der Waals surface area contributed by atoms with Gasteiger partial charge in [0.1, 0.15) is 24.4 Å². The average molecular weight is 513 g/mol. The van der Waals surface area contributed by atoms with Crippen molar-refractivity contribution in [2.45, 2.75) is 95.8 Å². The molecule has 0 amide bonds. The van der Waals surface area contributed by atoms with Gasteiger partial charge in [-0.15, -0.1) is 0 Å². The highest BCUT2D eigenvalue weighted by atomic mass is 16.7. The molecule has 4 heterocycles. The van der Waals surface area contributed by atoms with Crippen molar-refractivity contribution in [2.75, 3.05) is 13.2 Å². The number of carbonyl (C=O) groups is 2. The normalized spacial score (nSPS) is 50.5. The quantitative estimate of drug-likeness (QED) is 0.276. The van der Waals surface area contributed by atoms with Crippen LogP contribution in [0.5, 0.6) is 0 Å². The number of epoxide rings is 1. The number of rotatable bonds is 0. The first-order valence-corrected chi connectivity index (χ1v) is 13.3. The molecule has 0 N–H and O–H groups in total. The molecule has 0 aromatic rings. The number of hydrogen-bond donors (Lipinski definition) is 0. The molecule has 2 aliphatic carbocycles. The summed E-state index contributed by atoms with van der Waals surface area (Å²) in [4.78, 5) is 26.0. The molecule has 2 spiro atoms. The first-order chi connectivity index (χ1) is 17.7. The van der Waals surface area contributed by atoms with E-state index in [9.17, 15) is 9.59 Å². The topological polar surface area (TPSA) is 92.8 Å². The van der Waals surface area contributed by atoms with Crippen LogP contribution < -0.4 is 0 Å². The summed E-state index contributed by atoms with van der Waals surface area (Å²) in [6.07, 6.45) is 11.3. The average Bonchev–Trinajstić information content (AvgIpc) is 3.54. The van der Waals surface area contributed by atoms with E-state index in [1.807, 2.05) is 19.9 Å². The summed E-state index contributed by atoms with van der Waals surface area (Å²) in [5, 5.41) is 0. The molecule has 0 radical (unpaired) electrons. The Morgan fingerprint density at radius 1 is 0.973 bits per heavy atom. The lowest BCUT2D eigenvalue weighted by atomic mass is 9.51. The van der Waals surface area contributed by atoms with Crippen LogP contribution in [0.25, 0.3) is 0 Å². The van der Waals surface area contributed by atoms with Crippen molar-refractivity contribution in [1.82, 2.24) is 0 Å². The zero-order valence-corrected chi connectivity index (χ0v) is 21.9. The lowest BCUT2D eigenvalue weighted by Crippen LogP contribution is -2.66. The number of cyclic esters (lactones) is 1. The summed E-state index contributed by atoms with van der Waals surface area (Å²) >= 11 is 0. The molecule has 6 rings (SSSR count). The van der Waals surface area contributed by atoms with Crippen LogP contribution in [-0.4, -0.2) is 67.6 Å². The van der Waals surface area contributed by atoms with E-state index in [0.717, 1.165) is 18.4 Å². The first-order valence-electron chi connectivity index (χ1n) is 13.3. The van der Waals surface area contributed by atoms with Crippen molar-refractivity contribution in [3.05, 3.63) is 47.6 Å². The molecule has 1 saturated carbocycles. The standard InChI is InChI=1S/C29H36O8/c1-17-9-10-28-15-32-25(31)12-18(2)13-26-34-19(3)20(35-26)7-5-6-8-24(30)37-21-14-23(36-22(28)11-17)29(16-33-29)27(21,28)4/h5-8,11-12,19-23,26H,9-10,13-16H2,1-4H3/b7-5-,8-6-,18-12-/t19?,20?,21-,22+,23-,26?,27+,28-,29+/m0/s1. The van der Waals surface area contributed by atoms with E-state index in [2.05, 4.69) is 19.9 Å². The molecule has 3 unspecified atom stereocenters. The van der Waals surface area contributed by atoms with Gasteiger partial charge in [-0.2, -0.15) is 0 Å². The Kier molecular flexibility index (Phi) is 6.02. The number of esters is 2. The van der Waals surface area contributed by atoms with Crippen molar-refractivity contribution in [2.24, 2.45) is 10.8 Å². The number of carbonyl (C=O) groups excluding carboxylic acids is 2. The highest BCUT2D eigenvalue weighted by molar-refractivity contribution is 5.83. The second-order valence-corrected chi connectivity index (χ2v) is 11.7. The van der Waals surface area contributed by atoms with Crippen molar-refractivity contribution in [3.8, 4) is 0 Å². The summed E-state index contributed by atoms with van der Waals surface area (Å²) in [5.74, 6) is -0.828. The second kappa shape index (κ2) is 8.90. The Morgan fingerprint density at radius 2 is 1.78 bits per heavy atom. The molecule has 4 aliphatic heterocycles. The van der Waals surface area contributed by atoms with Crippen LogP contribution in [0.15, 0.2) is 47.6 Å². The first kappa shape index (κ1) is 25.0.